The van der Waals surface area contributed by atoms with Crippen LogP contribution in [0.1, 0.15) is 23.2 Å². The Hall–Kier alpha value is -2.00. The van der Waals surface area contributed by atoms with Gasteiger partial charge in [-0.1, -0.05) is 0 Å². The van der Waals surface area contributed by atoms with E-state index in [1.807, 2.05) is 0 Å². The summed E-state index contributed by atoms with van der Waals surface area (Å²) in [5.41, 5.74) is 4.79. The fourth-order valence-electron chi connectivity index (χ4n) is 2.28. The maximum atomic E-state index is 13.9. The van der Waals surface area contributed by atoms with Gasteiger partial charge in [-0.2, -0.15) is 4.31 Å². The molecule has 1 heterocycles. The average molecular weight is 316 g/mol. The van der Waals surface area contributed by atoms with Gasteiger partial charge in [0.05, 0.1) is 5.56 Å². The lowest BCUT2D eigenvalue weighted by Gasteiger charge is -2.21. The molecule has 1 aromatic carbocycles. The second-order valence-electron chi connectivity index (χ2n) is 4.63. The average Bonchev–Trinajstić information content (AvgIpc) is 2.88. The number of carboxylic acids is 1. The predicted octanol–water partition coefficient (Wildman–Crippen LogP) is 0.162. The van der Waals surface area contributed by atoms with E-state index in [0.29, 0.717) is 12.5 Å². The van der Waals surface area contributed by atoms with Crippen LogP contribution in [0.3, 0.4) is 0 Å². The zero-order chi connectivity index (χ0) is 15.8. The van der Waals surface area contributed by atoms with Crippen LogP contribution in [-0.2, 0) is 14.8 Å². The number of aromatic carboxylic acids is 1. The van der Waals surface area contributed by atoms with Crippen LogP contribution in [0.25, 0.3) is 0 Å². The van der Waals surface area contributed by atoms with Gasteiger partial charge >= 0.3 is 5.97 Å². The van der Waals surface area contributed by atoms with E-state index in [4.69, 9.17) is 10.8 Å². The number of carbonyl (C=O) groups excluding carboxylic acids is 1. The summed E-state index contributed by atoms with van der Waals surface area (Å²) in [6.45, 7) is 0.0655. The molecule has 114 valence electrons. The van der Waals surface area contributed by atoms with Crippen molar-refractivity contribution >= 4 is 21.9 Å². The molecule has 0 radical (unpaired) electrons. The molecule has 1 unspecified atom stereocenters. The molecule has 1 aliphatic heterocycles. The zero-order valence-corrected chi connectivity index (χ0v) is 11.6. The number of carboxylic acid groups (broad SMARTS) is 1. The van der Waals surface area contributed by atoms with Crippen LogP contribution >= 0.6 is 0 Å². The van der Waals surface area contributed by atoms with Crippen molar-refractivity contribution in [1.29, 1.82) is 0 Å². The number of amides is 1. The molecule has 0 spiro atoms. The highest BCUT2D eigenvalue weighted by Gasteiger charge is 2.39. The van der Waals surface area contributed by atoms with E-state index >= 15 is 0 Å². The first-order valence-electron chi connectivity index (χ1n) is 6.09. The van der Waals surface area contributed by atoms with E-state index in [2.05, 4.69) is 0 Å². The topological polar surface area (TPSA) is 118 Å². The van der Waals surface area contributed by atoms with Crippen molar-refractivity contribution in [2.75, 3.05) is 6.54 Å². The number of primary amides is 1. The molecule has 1 fully saturated rings. The van der Waals surface area contributed by atoms with Crippen molar-refractivity contribution in [3.63, 3.8) is 0 Å². The molecule has 1 aliphatic rings. The summed E-state index contributed by atoms with van der Waals surface area (Å²) in [7, 11) is -4.24. The Bertz CT molecular complexity index is 704. The second-order valence-corrected chi connectivity index (χ2v) is 6.49. The van der Waals surface area contributed by atoms with Crippen LogP contribution in [0, 0.1) is 5.82 Å². The fraction of sp³-hybridized carbons (Fsp3) is 0.333. The van der Waals surface area contributed by atoms with E-state index < -0.39 is 38.7 Å². The summed E-state index contributed by atoms with van der Waals surface area (Å²) in [6, 6.07) is 1.50. The van der Waals surface area contributed by atoms with E-state index in [0.717, 1.165) is 16.4 Å². The summed E-state index contributed by atoms with van der Waals surface area (Å²) in [4.78, 5) is 21.3. The molecule has 0 bridgehead atoms. The van der Waals surface area contributed by atoms with Crippen LogP contribution in [-0.4, -0.2) is 42.3 Å². The first-order valence-corrected chi connectivity index (χ1v) is 7.53. The Morgan fingerprint density at radius 3 is 2.57 bits per heavy atom. The first kappa shape index (κ1) is 15.4. The standard InChI is InChI=1S/C12H13FN2O5S/c13-8-6-7(12(17)18)3-4-10(8)21(19,20)15-5-1-2-9(15)11(14)16/h3-4,6,9H,1-2,5H2,(H2,14,16)(H,17,18). The van der Waals surface area contributed by atoms with E-state index in [-0.39, 0.29) is 18.5 Å². The third-order valence-electron chi connectivity index (χ3n) is 3.30. The molecule has 1 aromatic rings. The Labute approximate surface area is 120 Å². The fourth-order valence-corrected chi connectivity index (χ4v) is 3.99. The van der Waals surface area contributed by atoms with Crippen LogP contribution in [0.2, 0.25) is 0 Å². The Morgan fingerprint density at radius 2 is 2.05 bits per heavy atom. The minimum atomic E-state index is -4.24. The molecule has 7 nitrogen and oxygen atoms in total. The maximum Gasteiger partial charge on any atom is 0.335 e. The van der Waals surface area contributed by atoms with Gasteiger partial charge < -0.3 is 10.8 Å². The monoisotopic (exact) mass is 316 g/mol. The van der Waals surface area contributed by atoms with E-state index in [9.17, 15) is 22.4 Å². The smallest absolute Gasteiger partial charge is 0.335 e. The van der Waals surface area contributed by atoms with Gasteiger partial charge in [0.1, 0.15) is 16.8 Å². The number of sulfonamides is 1. The summed E-state index contributed by atoms with van der Waals surface area (Å²) < 4.78 is 39.5. The third-order valence-corrected chi connectivity index (χ3v) is 5.24. The number of hydrogen-bond donors (Lipinski definition) is 2. The normalized spacial score (nSPS) is 19.6. The Kier molecular flexibility index (Phi) is 3.97. The highest BCUT2D eigenvalue weighted by Crippen LogP contribution is 2.27. The molecule has 1 atom stereocenters. The maximum absolute atomic E-state index is 13.9. The Balaban J connectivity index is 2.45. The summed E-state index contributed by atoms with van der Waals surface area (Å²) in [5.74, 6) is -3.34. The van der Waals surface area contributed by atoms with Crippen LogP contribution < -0.4 is 5.73 Å². The molecule has 21 heavy (non-hydrogen) atoms. The van der Waals surface area contributed by atoms with Crippen LogP contribution in [0.15, 0.2) is 23.1 Å². The zero-order valence-electron chi connectivity index (χ0n) is 10.8. The molecule has 0 aliphatic carbocycles. The van der Waals surface area contributed by atoms with Crippen molar-refractivity contribution in [2.45, 2.75) is 23.8 Å². The number of hydrogen-bond acceptors (Lipinski definition) is 4. The summed E-state index contributed by atoms with van der Waals surface area (Å²) >= 11 is 0. The lowest BCUT2D eigenvalue weighted by Crippen LogP contribution is -2.43. The molecular weight excluding hydrogens is 303 g/mol. The molecule has 9 heteroatoms. The van der Waals surface area contributed by atoms with Gasteiger partial charge in [-0.15, -0.1) is 0 Å². The van der Waals surface area contributed by atoms with Crippen molar-refractivity contribution < 1.29 is 27.5 Å². The van der Waals surface area contributed by atoms with Gasteiger partial charge in [0.2, 0.25) is 15.9 Å². The number of nitrogens with zero attached hydrogens (tertiary/aromatic N) is 1. The van der Waals surface area contributed by atoms with Gasteiger partial charge in [-0.25, -0.2) is 17.6 Å². The van der Waals surface area contributed by atoms with Crippen molar-refractivity contribution in [1.82, 2.24) is 4.31 Å². The van der Waals surface area contributed by atoms with E-state index in [1.54, 1.807) is 0 Å². The van der Waals surface area contributed by atoms with Crippen molar-refractivity contribution in [3.05, 3.63) is 29.6 Å². The van der Waals surface area contributed by atoms with Crippen molar-refractivity contribution in [2.24, 2.45) is 5.73 Å². The summed E-state index contributed by atoms with van der Waals surface area (Å²) in [6.07, 6.45) is 0.727. The largest absolute Gasteiger partial charge is 0.478 e. The van der Waals surface area contributed by atoms with Gasteiger partial charge in [0, 0.05) is 6.54 Å². The number of benzene rings is 1. The lowest BCUT2D eigenvalue weighted by atomic mass is 10.2. The highest BCUT2D eigenvalue weighted by atomic mass is 32.2. The molecule has 0 aromatic heterocycles. The van der Waals surface area contributed by atoms with Gasteiger partial charge in [-0.05, 0) is 31.0 Å². The molecule has 1 saturated heterocycles. The molecule has 1 amide bonds. The summed E-state index contributed by atoms with van der Waals surface area (Å²) in [5, 5.41) is 8.74. The number of carbonyl (C=O) groups is 2. The van der Waals surface area contributed by atoms with Gasteiger partial charge in [0.15, 0.2) is 0 Å². The third kappa shape index (κ3) is 2.74. The van der Waals surface area contributed by atoms with Crippen LogP contribution in [0.5, 0.6) is 0 Å². The Morgan fingerprint density at radius 1 is 1.38 bits per heavy atom. The van der Waals surface area contributed by atoms with Gasteiger partial charge in [-0.3, -0.25) is 4.79 Å². The van der Waals surface area contributed by atoms with E-state index in [1.165, 1.54) is 0 Å². The SMILES string of the molecule is NC(=O)C1CCCN1S(=O)(=O)c1ccc(C(=O)O)cc1F. The minimum absolute atomic E-state index is 0.0655. The first-order chi connectivity index (χ1) is 9.75. The number of rotatable bonds is 4. The number of halogens is 1. The second kappa shape index (κ2) is 5.41. The van der Waals surface area contributed by atoms with Crippen LogP contribution in [0.4, 0.5) is 4.39 Å². The molecule has 3 N–H and O–H groups in total. The number of nitrogens with two attached hydrogens (primary N) is 1. The minimum Gasteiger partial charge on any atom is -0.478 e. The predicted molar refractivity (Wildman–Crippen MR) is 69.5 cm³/mol. The van der Waals surface area contributed by atoms with Gasteiger partial charge in [0.25, 0.3) is 0 Å². The molecule has 0 saturated carbocycles. The van der Waals surface area contributed by atoms with Crippen molar-refractivity contribution in [3.8, 4) is 0 Å². The lowest BCUT2D eigenvalue weighted by molar-refractivity contribution is -0.121. The molecular formula is C12H13FN2O5S. The molecule has 2 rings (SSSR count). The highest BCUT2D eigenvalue weighted by molar-refractivity contribution is 7.89. The quantitative estimate of drug-likeness (QED) is 0.820.